The molecule has 1 aliphatic heterocycles. The molecule has 2 heterocycles. The van der Waals surface area contributed by atoms with E-state index in [0.717, 1.165) is 5.69 Å². The van der Waals surface area contributed by atoms with E-state index >= 15 is 0 Å². The molecule has 1 aromatic rings. The lowest BCUT2D eigenvalue weighted by molar-refractivity contribution is -0.136. The molecule has 10 heteroatoms. The zero-order valence-corrected chi connectivity index (χ0v) is 18.7. The standard InChI is InChI=1S/C20H36N6O4/c1-14(2)22-20(29)24(5)11-18-15(3)10-25(16(4)12-27)19(28)7-6-8-26-17(13-30-18)9-21-23-26/h9,14-16,18,27H,6-8,10-13H2,1-5H3,(H,22,29)/t15-,16-,18-/m0/s1. The second kappa shape index (κ2) is 11.3. The number of hydrogen-bond donors (Lipinski definition) is 2. The van der Waals surface area contributed by atoms with Crippen molar-refractivity contribution in [3.8, 4) is 0 Å². The number of aliphatic hydroxyl groups excluding tert-OH is 1. The average molecular weight is 425 g/mol. The molecule has 170 valence electrons. The van der Waals surface area contributed by atoms with Crippen molar-refractivity contribution in [1.29, 1.82) is 0 Å². The van der Waals surface area contributed by atoms with Crippen LogP contribution in [0, 0.1) is 5.92 Å². The Morgan fingerprint density at radius 2 is 2.17 bits per heavy atom. The van der Waals surface area contributed by atoms with E-state index in [-0.39, 0.29) is 42.7 Å². The average Bonchev–Trinajstić information content (AvgIpc) is 3.14. The van der Waals surface area contributed by atoms with Crippen LogP contribution in [-0.4, -0.2) is 86.8 Å². The molecule has 1 aromatic heterocycles. The summed E-state index contributed by atoms with van der Waals surface area (Å²) in [6.07, 6.45) is 2.38. The monoisotopic (exact) mass is 424 g/mol. The van der Waals surface area contributed by atoms with Crippen molar-refractivity contribution in [2.45, 2.75) is 71.9 Å². The molecule has 2 rings (SSSR count). The van der Waals surface area contributed by atoms with Gasteiger partial charge in [-0.25, -0.2) is 9.48 Å². The number of urea groups is 1. The van der Waals surface area contributed by atoms with Gasteiger partial charge in [0.1, 0.15) is 0 Å². The molecule has 0 saturated carbocycles. The van der Waals surface area contributed by atoms with Gasteiger partial charge in [0.2, 0.25) is 5.91 Å². The molecule has 0 saturated heterocycles. The molecule has 0 aliphatic carbocycles. The number of hydrogen-bond acceptors (Lipinski definition) is 6. The Bertz CT molecular complexity index is 695. The number of fused-ring (bicyclic) bond motifs is 1. The number of nitrogens with one attached hydrogen (secondary N) is 1. The highest BCUT2D eigenvalue weighted by atomic mass is 16.5. The van der Waals surface area contributed by atoms with Gasteiger partial charge in [-0.05, 0) is 27.2 Å². The molecular formula is C20H36N6O4. The zero-order valence-electron chi connectivity index (χ0n) is 18.7. The quantitative estimate of drug-likeness (QED) is 0.725. The Kier molecular flexibility index (Phi) is 9.04. The van der Waals surface area contributed by atoms with E-state index in [9.17, 15) is 14.7 Å². The molecule has 0 aromatic carbocycles. The summed E-state index contributed by atoms with van der Waals surface area (Å²) < 4.78 is 7.97. The molecule has 0 bridgehead atoms. The molecule has 0 spiro atoms. The topological polar surface area (TPSA) is 113 Å². The van der Waals surface area contributed by atoms with Crippen LogP contribution in [0.15, 0.2) is 6.20 Å². The van der Waals surface area contributed by atoms with Gasteiger partial charge in [0.25, 0.3) is 0 Å². The van der Waals surface area contributed by atoms with Crippen molar-refractivity contribution >= 4 is 11.9 Å². The first-order valence-corrected chi connectivity index (χ1v) is 10.6. The predicted molar refractivity (Wildman–Crippen MR) is 112 cm³/mol. The van der Waals surface area contributed by atoms with Crippen LogP contribution in [0.1, 0.15) is 46.2 Å². The van der Waals surface area contributed by atoms with Crippen LogP contribution in [0.3, 0.4) is 0 Å². The van der Waals surface area contributed by atoms with Gasteiger partial charge in [-0.3, -0.25) is 4.79 Å². The summed E-state index contributed by atoms with van der Waals surface area (Å²) in [6, 6.07) is -0.420. The van der Waals surface area contributed by atoms with Gasteiger partial charge in [-0.15, -0.1) is 5.10 Å². The number of aryl methyl sites for hydroxylation is 1. The van der Waals surface area contributed by atoms with Crippen LogP contribution in [0.4, 0.5) is 4.79 Å². The molecule has 30 heavy (non-hydrogen) atoms. The Hall–Kier alpha value is -2.20. The molecule has 0 unspecified atom stereocenters. The lowest BCUT2D eigenvalue weighted by atomic mass is 10.0. The first-order chi connectivity index (χ1) is 14.2. The van der Waals surface area contributed by atoms with E-state index in [0.29, 0.717) is 39.1 Å². The van der Waals surface area contributed by atoms with E-state index in [4.69, 9.17) is 4.74 Å². The van der Waals surface area contributed by atoms with Gasteiger partial charge in [-0.2, -0.15) is 0 Å². The summed E-state index contributed by atoms with van der Waals surface area (Å²) in [5.74, 6) is -0.0590. The minimum Gasteiger partial charge on any atom is -0.394 e. The van der Waals surface area contributed by atoms with Crippen LogP contribution in [-0.2, 0) is 22.7 Å². The molecule has 3 amide bonds. The maximum Gasteiger partial charge on any atom is 0.317 e. The number of aromatic nitrogens is 3. The van der Waals surface area contributed by atoms with Gasteiger partial charge in [-0.1, -0.05) is 12.1 Å². The highest BCUT2D eigenvalue weighted by Crippen LogP contribution is 2.18. The van der Waals surface area contributed by atoms with E-state index in [2.05, 4.69) is 15.6 Å². The smallest absolute Gasteiger partial charge is 0.317 e. The second-order valence-electron chi connectivity index (χ2n) is 8.44. The van der Waals surface area contributed by atoms with Crippen molar-refractivity contribution in [3.05, 3.63) is 11.9 Å². The summed E-state index contributed by atoms with van der Waals surface area (Å²) in [5.41, 5.74) is 0.843. The van der Waals surface area contributed by atoms with Crippen LogP contribution in [0.25, 0.3) is 0 Å². The van der Waals surface area contributed by atoms with E-state index in [1.165, 1.54) is 0 Å². The van der Waals surface area contributed by atoms with Crippen molar-refractivity contribution < 1.29 is 19.4 Å². The maximum atomic E-state index is 12.8. The molecule has 0 radical (unpaired) electrons. The third kappa shape index (κ3) is 6.66. The van der Waals surface area contributed by atoms with Gasteiger partial charge in [0, 0.05) is 45.1 Å². The summed E-state index contributed by atoms with van der Waals surface area (Å²) in [6.45, 7) is 9.28. The minimum atomic E-state index is -0.308. The fourth-order valence-electron chi connectivity index (χ4n) is 3.46. The van der Waals surface area contributed by atoms with E-state index in [1.807, 2.05) is 27.7 Å². The number of ether oxygens (including phenoxy) is 1. The first-order valence-electron chi connectivity index (χ1n) is 10.6. The fourth-order valence-corrected chi connectivity index (χ4v) is 3.46. The Labute approximate surface area is 178 Å². The summed E-state index contributed by atoms with van der Waals surface area (Å²) >= 11 is 0. The van der Waals surface area contributed by atoms with Crippen molar-refractivity contribution in [2.75, 3.05) is 26.7 Å². The van der Waals surface area contributed by atoms with Gasteiger partial charge >= 0.3 is 6.03 Å². The Balaban J connectivity index is 2.22. The third-order valence-electron chi connectivity index (χ3n) is 5.35. The van der Waals surface area contributed by atoms with Crippen molar-refractivity contribution in [1.82, 2.24) is 30.1 Å². The molecule has 1 aliphatic rings. The predicted octanol–water partition coefficient (Wildman–Crippen LogP) is 0.852. The number of aliphatic hydroxyl groups is 1. The number of likely N-dealkylation sites (N-methyl/N-ethyl adjacent to an activating group) is 1. The number of carbonyl (C=O) groups is 2. The van der Waals surface area contributed by atoms with Gasteiger partial charge < -0.3 is 25.0 Å². The third-order valence-corrected chi connectivity index (χ3v) is 5.35. The fraction of sp³-hybridized carbons (Fsp3) is 0.800. The van der Waals surface area contributed by atoms with Gasteiger partial charge in [0.15, 0.2) is 0 Å². The summed E-state index contributed by atoms with van der Waals surface area (Å²) in [4.78, 5) is 28.5. The molecule has 3 atom stereocenters. The van der Waals surface area contributed by atoms with Crippen LogP contribution < -0.4 is 5.32 Å². The molecular weight excluding hydrogens is 388 g/mol. The lowest BCUT2D eigenvalue weighted by Gasteiger charge is -2.35. The molecule has 2 N–H and O–H groups in total. The summed E-state index contributed by atoms with van der Waals surface area (Å²) in [5, 5.41) is 20.6. The van der Waals surface area contributed by atoms with Crippen molar-refractivity contribution in [2.24, 2.45) is 5.92 Å². The number of nitrogens with zero attached hydrogens (tertiary/aromatic N) is 5. The van der Waals surface area contributed by atoms with E-state index < -0.39 is 0 Å². The molecule has 10 nitrogen and oxygen atoms in total. The highest BCUT2D eigenvalue weighted by molar-refractivity contribution is 5.76. The number of rotatable bonds is 5. The van der Waals surface area contributed by atoms with Crippen LogP contribution in [0.5, 0.6) is 0 Å². The number of carbonyl (C=O) groups excluding carboxylic acids is 2. The zero-order chi connectivity index (χ0) is 22.3. The first kappa shape index (κ1) is 24.1. The summed E-state index contributed by atoms with van der Waals surface area (Å²) in [7, 11) is 1.73. The largest absolute Gasteiger partial charge is 0.394 e. The van der Waals surface area contributed by atoms with E-state index in [1.54, 1.807) is 27.7 Å². The SMILES string of the molecule is CC(C)NC(=O)N(C)C[C@@H]1OCc2cnnn2CCCC(=O)N([C@@H](C)CO)C[C@@H]1C. The Morgan fingerprint density at radius 1 is 1.43 bits per heavy atom. The lowest BCUT2D eigenvalue weighted by Crippen LogP contribution is -2.49. The Morgan fingerprint density at radius 3 is 2.83 bits per heavy atom. The van der Waals surface area contributed by atoms with Crippen molar-refractivity contribution in [3.63, 3.8) is 0 Å². The molecule has 0 fully saturated rings. The maximum absolute atomic E-state index is 12.8. The van der Waals surface area contributed by atoms with Crippen LogP contribution in [0.2, 0.25) is 0 Å². The van der Waals surface area contributed by atoms with Crippen LogP contribution >= 0.6 is 0 Å². The minimum absolute atomic E-state index is 0.00436. The number of amides is 3. The highest BCUT2D eigenvalue weighted by Gasteiger charge is 2.29. The normalized spacial score (nSPS) is 22.1. The second-order valence-corrected chi connectivity index (χ2v) is 8.44. The van der Waals surface area contributed by atoms with Gasteiger partial charge in [0.05, 0.1) is 37.3 Å².